The van der Waals surface area contributed by atoms with E-state index in [0.717, 1.165) is 67.7 Å². The molecule has 4 heterocycles. The van der Waals surface area contributed by atoms with E-state index < -0.39 is 0 Å². The van der Waals surface area contributed by atoms with Crippen LogP contribution in [0.4, 0.5) is 11.6 Å². The maximum atomic E-state index is 12.9. The van der Waals surface area contributed by atoms with E-state index in [9.17, 15) is 9.59 Å². The van der Waals surface area contributed by atoms with Gasteiger partial charge in [-0.05, 0) is 26.3 Å². The minimum absolute atomic E-state index is 0.0367. The van der Waals surface area contributed by atoms with E-state index in [-0.39, 0.29) is 23.9 Å². The summed E-state index contributed by atoms with van der Waals surface area (Å²) >= 11 is 1.56. The number of anilines is 2. The van der Waals surface area contributed by atoms with Crippen LogP contribution in [0, 0.1) is 0 Å². The van der Waals surface area contributed by atoms with Gasteiger partial charge in [0.25, 0.3) is 5.56 Å². The lowest BCUT2D eigenvalue weighted by atomic mass is 10.2. The molecule has 1 unspecified atom stereocenters. The van der Waals surface area contributed by atoms with Crippen molar-refractivity contribution in [2.75, 3.05) is 49.2 Å². The number of rotatable bonds is 4. The largest absolute Gasteiger partial charge is 0.354 e. The number of piperazine rings is 1. The standard InChI is InChI=1S/C20H25N7O2S/c1-25-5-7-26(8-6-25)17-10-16(21-12-22-17)24-18(28)9-13-11-30-20-23-15-4-2-3-14(15)19(29)27(13)20/h10,12-13H,2-9,11H2,1H3,(H,21,22,24,28). The summed E-state index contributed by atoms with van der Waals surface area (Å²) in [6, 6.07) is 1.65. The predicted molar refractivity (Wildman–Crippen MR) is 115 cm³/mol. The van der Waals surface area contributed by atoms with Gasteiger partial charge in [0.1, 0.15) is 18.0 Å². The average Bonchev–Trinajstić information content (AvgIpc) is 3.36. The van der Waals surface area contributed by atoms with Crippen molar-refractivity contribution in [3.63, 3.8) is 0 Å². The van der Waals surface area contributed by atoms with E-state index in [2.05, 4.69) is 37.1 Å². The Morgan fingerprint density at radius 2 is 2.07 bits per heavy atom. The van der Waals surface area contributed by atoms with Crippen molar-refractivity contribution in [2.24, 2.45) is 0 Å². The third-order valence-electron chi connectivity index (χ3n) is 6.04. The fourth-order valence-corrected chi connectivity index (χ4v) is 5.49. The quantitative estimate of drug-likeness (QED) is 0.721. The highest BCUT2D eigenvalue weighted by Crippen LogP contribution is 2.34. The Labute approximate surface area is 178 Å². The number of thioether (sulfide) groups is 1. The van der Waals surface area contributed by atoms with Crippen LogP contribution in [0.15, 0.2) is 22.3 Å². The molecule has 5 rings (SSSR count). The van der Waals surface area contributed by atoms with Crippen LogP contribution in [0.25, 0.3) is 0 Å². The van der Waals surface area contributed by atoms with E-state index in [1.807, 2.05) is 6.07 Å². The topological polar surface area (TPSA) is 96.2 Å². The van der Waals surface area contributed by atoms with Gasteiger partial charge in [-0.1, -0.05) is 11.8 Å². The fourth-order valence-electron chi connectivity index (χ4n) is 4.33. The summed E-state index contributed by atoms with van der Waals surface area (Å²) < 4.78 is 1.73. The molecule has 0 bridgehead atoms. The van der Waals surface area contributed by atoms with Gasteiger partial charge in [-0.3, -0.25) is 14.2 Å². The Bertz CT molecular complexity index is 1030. The van der Waals surface area contributed by atoms with Crippen molar-refractivity contribution in [1.29, 1.82) is 0 Å². The van der Waals surface area contributed by atoms with Gasteiger partial charge in [0, 0.05) is 50.0 Å². The summed E-state index contributed by atoms with van der Waals surface area (Å²) in [5.74, 6) is 1.86. The molecule has 1 N–H and O–H groups in total. The molecule has 3 aliphatic rings. The zero-order chi connectivity index (χ0) is 20.7. The fraction of sp³-hybridized carbons (Fsp3) is 0.550. The number of carbonyl (C=O) groups is 1. The number of fused-ring (bicyclic) bond motifs is 2. The molecule has 158 valence electrons. The molecule has 9 nitrogen and oxygen atoms in total. The van der Waals surface area contributed by atoms with Gasteiger partial charge in [0.2, 0.25) is 5.91 Å². The molecule has 2 aromatic rings. The lowest BCUT2D eigenvalue weighted by Gasteiger charge is -2.33. The lowest BCUT2D eigenvalue weighted by Crippen LogP contribution is -2.44. The van der Waals surface area contributed by atoms with Gasteiger partial charge in [-0.25, -0.2) is 15.0 Å². The second-order valence-electron chi connectivity index (χ2n) is 8.12. The normalized spacial score (nSPS) is 20.8. The van der Waals surface area contributed by atoms with Gasteiger partial charge >= 0.3 is 0 Å². The van der Waals surface area contributed by atoms with E-state index in [1.165, 1.54) is 6.33 Å². The monoisotopic (exact) mass is 427 g/mol. The molecular weight excluding hydrogens is 402 g/mol. The zero-order valence-electron chi connectivity index (χ0n) is 17.0. The van der Waals surface area contributed by atoms with Crippen LogP contribution in [0.3, 0.4) is 0 Å². The molecule has 2 aliphatic heterocycles. The zero-order valence-corrected chi connectivity index (χ0v) is 17.8. The number of likely N-dealkylation sites (N-methyl/N-ethyl adjacent to an activating group) is 1. The van der Waals surface area contributed by atoms with E-state index in [1.54, 1.807) is 16.3 Å². The highest BCUT2D eigenvalue weighted by Gasteiger charge is 2.31. The summed E-state index contributed by atoms with van der Waals surface area (Å²) in [7, 11) is 2.11. The first-order valence-electron chi connectivity index (χ1n) is 10.4. The van der Waals surface area contributed by atoms with Gasteiger partial charge in [-0.15, -0.1) is 0 Å². The second-order valence-corrected chi connectivity index (χ2v) is 9.10. The first-order chi connectivity index (χ1) is 14.6. The highest BCUT2D eigenvalue weighted by molar-refractivity contribution is 7.99. The first kappa shape index (κ1) is 19.5. The van der Waals surface area contributed by atoms with Crippen LogP contribution in [-0.4, -0.2) is 69.3 Å². The van der Waals surface area contributed by atoms with Gasteiger partial charge in [0.15, 0.2) is 5.16 Å². The second kappa shape index (κ2) is 7.99. The summed E-state index contributed by atoms with van der Waals surface area (Å²) in [5.41, 5.74) is 1.82. The summed E-state index contributed by atoms with van der Waals surface area (Å²) in [6.07, 6.45) is 4.38. The third kappa shape index (κ3) is 3.69. The van der Waals surface area contributed by atoms with Crippen LogP contribution in [0.1, 0.15) is 30.1 Å². The molecule has 0 aromatic carbocycles. The number of nitrogens with zero attached hydrogens (tertiary/aromatic N) is 6. The molecule has 1 saturated heterocycles. The van der Waals surface area contributed by atoms with Crippen molar-refractivity contribution in [1.82, 2.24) is 24.4 Å². The molecule has 1 fully saturated rings. The highest BCUT2D eigenvalue weighted by atomic mass is 32.2. The molecule has 0 saturated carbocycles. The number of carbonyl (C=O) groups excluding carboxylic acids is 1. The lowest BCUT2D eigenvalue weighted by molar-refractivity contribution is -0.116. The van der Waals surface area contributed by atoms with Gasteiger partial charge in [0.05, 0.1) is 11.7 Å². The maximum Gasteiger partial charge on any atom is 0.257 e. The van der Waals surface area contributed by atoms with E-state index >= 15 is 0 Å². The molecular formula is C20H25N7O2S. The maximum absolute atomic E-state index is 12.9. The molecule has 10 heteroatoms. The number of aromatic nitrogens is 4. The molecule has 1 amide bonds. The summed E-state index contributed by atoms with van der Waals surface area (Å²) in [6.45, 7) is 3.77. The third-order valence-corrected chi connectivity index (χ3v) is 7.14. The average molecular weight is 428 g/mol. The predicted octanol–water partition coefficient (Wildman–Crippen LogP) is 0.949. The van der Waals surface area contributed by atoms with Gasteiger partial charge in [-0.2, -0.15) is 0 Å². The van der Waals surface area contributed by atoms with Crippen molar-refractivity contribution in [2.45, 2.75) is 36.9 Å². The number of aryl methyl sites for hydroxylation is 1. The van der Waals surface area contributed by atoms with Crippen LogP contribution < -0.4 is 15.8 Å². The Kier molecular flexibility index (Phi) is 5.20. The van der Waals surface area contributed by atoms with Gasteiger partial charge < -0.3 is 15.1 Å². The minimum atomic E-state index is -0.171. The number of amides is 1. The van der Waals surface area contributed by atoms with Crippen molar-refractivity contribution in [3.8, 4) is 0 Å². The number of hydrogen-bond donors (Lipinski definition) is 1. The summed E-state index contributed by atoms with van der Waals surface area (Å²) in [5, 5.41) is 3.64. The molecule has 30 heavy (non-hydrogen) atoms. The summed E-state index contributed by atoms with van der Waals surface area (Å²) in [4.78, 5) is 43.3. The molecule has 0 radical (unpaired) electrons. The smallest absolute Gasteiger partial charge is 0.257 e. The van der Waals surface area contributed by atoms with Crippen LogP contribution >= 0.6 is 11.8 Å². The minimum Gasteiger partial charge on any atom is -0.354 e. The van der Waals surface area contributed by atoms with Crippen molar-refractivity contribution in [3.05, 3.63) is 34.0 Å². The molecule has 1 aliphatic carbocycles. The molecule has 1 atom stereocenters. The number of hydrogen-bond acceptors (Lipinski definition) is 8. The Morgan fingerprint density at radius 3 is 2.90 bits per heavy atom. The molecule has 2 aromatic heterocycles. The Balaban J connectivity index is 1.27. The van der Waals surface area contributed by atoms with E-state index in [4.69, 9.17) is 0 Å². The van der Waals surface area contributed by atoms with E-state index in [0.29, 0.717) is 11.6 Å². The van der Waals surface area contributed by atoms with Crippen LogP contribution in [0.2, 0.25) is 0 Å². The SMILES string of the molecule is CN1CCN(c2cc(NC(=O)CC3CSc4nc5c(c(=O)n43)CCC5)ncn2)CC1. The molecule has 0 spiro atoms. The Hall–Kier alpha value is -2.46. The number of nitrogens with one attached hydrogen (secondary N) is 1. The van der Waals surface area contributed by atoms with Crippen LogP contribution in [-0.2, 0) is 17.6 Å². The van der Waals surface area contributed by atoms with Crippen LogP contribution in [0.5, 0.6) is 0 Å². The Morgan fingerprint density at radius 1 is 1.23 bits per heavy atom. The van der Waals surface area contributed by atoms with Crippen molar-refractivity contribution < 1.29 is 4.79 Å². The first-order valence-corrected chi connectivity index (χ1v) is 11.4. The van der Waals surface area contributed by atoms with Crippen molar-refractivity contribution >= 4 is 29.3 Å².